The Morgan fingerprint density at radius 1 is 1.33 bits per heavy atom. The molecule has 0 aliphatic carbocycles. The SMILES string of the molecule is CC(=O)NCc1ccc([C@@H]2CC[C@@H](C)CN2)cc1. The smallest absolute Gasteiger partial charge is 0.217 e. The minimum Gasteiger partial charge on any atom is -0.352 e. The second kappa shape index (κ2) is 6.01. The van der Waals surface area contributed by atoms with Crippen LogP contribution in [0.2, 0.25) is 0 Å². The van der Waals surface area contributed by atoms with E-state index >= 15 is 0 Å². The maximum absolute atomic E-state index is 10.8. The van der Waals surface area contributed by atoms with Gasteiger partial charge in [0.2, 0.25) is 5.91 Å². The van der Waals surface area contributed by atoms with E-state index in [1.54, 1.807) is 6.92 Å². The van der Waals surface area contributed by atoms with Gasteiger partial charge in [-0.05, 0) is 36.4 Å². The molecule has 0 aromatic heterocycles. The highest BCUT2D eigenvalue weighted by Crippen LogP contribution is 2.25. The van der Waals surface area contributed by atoms with Crippen LogP contribution in [0.4, 0.5) is 0 Å². The molecule has 2 atom stereocenters. The summed E-state index contributed by atoms with van der Waals surface area (Å²) in [6.07, 6.45) is 2.51. The number of benzene rings is 1. The average molecular weight is 246 g/mol. The number of amides is 1. The molecule has 1 amide bonds. The summed E-state index contributed by atoms with van der Waals surface area (Å²) in [5.41, 5.74) is 2.51. The summed E-state index contributed by atoms with van der Waals surface area (Å²) in [6.45, 7) is 5.56. The quantitative estimate of drug-likeness (QED) is 0.859. The van der Waals surface area contributed by atoms with Crippen molar-refractivity contribution in [1.29, 1.82) is 0 Å². The first-order valence-corrected chi connectivity index (χ1v) is 6.72. The lowest BCUT2D eigenvalue weighted by Crippen LogP contribution is -2.31. The van der Waals surface area contributed by atoms with E-state index in [9.17, 15) is 4.79 Å². The summed E-state index contributed by atoms with van der Waals surface area (Å²) in [6, 6.07) is 9.04. The predicted octanol–water partition coefficient (Wildman–Crippen LogP) is 2.38. The van der Waals surface area contributed by atoms with Crippen LogP contribution < -0.4 is 10.6 Å². The molecule has 1 aliphatic rings. The van der Waals surface area contributed by atoms with E-state index in [1.165, 1.54) is 18.4 Å². The molecule has 0 radical (unpaired) electrons. The maximum atomic E-state index is 10.8. The van der Waals surface area contributed by atoms with Gasteiger partial charge in [0.1, 0.15) is 0 Å². The standard InChI is InChI=1S/C15H22N2O/c1-11-3-8-15(17-9-11)14-6-4-13(5-7-14)10-16-12(2)18/h4-7,11,15,17H,3,8-10H2,1-2H3,(H,16,18)/t11-,15+/m1/s1. The number of hydrogen-bond donors (Lipinski definition) is 2. The van der Waals surface area contributed by atoms with Crippen LogP contribution in [0.25, 0.3) is 0 Å². The first-order valence-electron chi connectivity index (χ1n) is 6.72. The minimum atomic E-state index is 0.0158. The Morgan fingerprint density at radius 2 is 2.06 bits per heavy atom. The van der Waals surface area contributed by atoms with Crippen LogP contribution in [0.3, 0.4) is 0 Å². The number of carbonyl (C=O) groups excluding carboxylic acids is 1. The van der Waals surface area contributed by atoms with Crippen molar-refractivity contribution in [2.75, 3.05) is 6.54 Å². The molecule has 0 unspecified atom stereocenters. The van der Waals surface area contributed by atoms with Gasteiger partial charge >= 0.3 is 0 Å². The average Bonchev–Trinajstić information content (AvgIpc) is 2.38. The fraction of sp³-hybridized carbons (Fsp3) is 0.533. The second-order valence-corrected chi connectivity index (χ2v) is 5.29. The van der Waals surface area contributed by atoms with Crippen LogP contribution in [-0.2, 0) is 11.3 Å². The Labute approximate surface area is 109 Å². The highest BCUT2D eigenvalue weighted by molar-refractivity contribution is 5.72. The lowest BCUT2D eigenvalue weighted by atomic mass is 9.92. The minimum absolute atomic E-state index is 0.0158. The molecule has 3 nitrogen and oxygen atoms in total. The molecule has 0 saturated carbocycles. The van der Waals surface area contributed by atoms with Gasteiger partial charge in [0, 0.05) is 19.5 Å². The van der Waals surface area contributed by atoms with Crippen molar-refractivity contribution in [3.63, 3.8) is 0 Å². The Hall–Kier alpha value is -1.35. The molecule has 0 spiro atoms. The fourth-order valence-electron chi connectivity index (χ4n) is 2.38. The molecule has 98 valence electrons. The maximum Gasteiger partial charge on any atom is 0.217 e. The number of carbonyl (C=O) groups is 1. The molecule has 1 saturated heterocycles. The zero-order chi connectivity index (χ0) is 13.0. The van der Waals surface area contributed by atoms with Crippen LogP contribution in [0.5, 0.6) is 0 Å². The summed E-state index contributed by atoms with van der Waals surface area (Å²) in [7, 11) is 0. The van der Waals surface area contributed by atoms with Gasteiger partial charge in [0.05, 0.1) is 0 Å². The molecule has 1 fully saturated rings. The summed E-state index contributed by atoms with van der Waals surface area (Å²) >= 11 is 0. The van der Waals surface area contributed by atoms with Crippen LogP contribution >= 0.6 is 0 Å². The molecule has 2 N–H and O–H groups in total. The van der Waals surface area contributed by atoms with Gasteiger partial charge in [0.25, 0.3) is 0 Å². The lowest BCUT2D eigenvalue weighted by Gasteiger charge is -2.28. The van der Waals surface area contributed by atoms with E-state index in [0.29, 0.717) is 12.6 Å². The van der Waals surface area contributed by atoms with E-state index in [4.69, 9.17) is 0 Å². The largest absolute Gasteiger partial charge is 0.352 e. The van der Waals surface area contributed by atoms with Gasteiger partial charge in [-0.25, -0.2) is 0 Å². The van der Waals surface area contributed by atoms with Gasteiger partial charge in [-0.15, -0.1) is 0 Å². The van der Waals surface area contributed by atoms with Gasteiger partial charge in [-0.1, -0.05) is 31.2 Å². The Morgan fingerprint density at radius 3 is 2.61 bits per heavy atom. The first kappa shape index (κ1) is 13.1. The lowest BCUT2D eigenvalue weighted by molar-refractivity contribution is -0.119. The van der Waals surface area contributed by atoms with Gasteiger partial charge < -0.3 is 10.6 Å². The van der Waals surface area contributed by atoms with Crippen molar-refractivity contribution >= 4 is 5.91 Å². The van der Waals surface area contributed by atoms with Crippen molar-refractivity contribution in [2.45, 2.75) is 39.3 Å². The molecule has 1 heterocycles. The molecule has 1 aliphatic heterocycles. The highest BCUT2D eigenvalue weighted by Gasteiger charge is 2.18. The zero-order valence-corrected chi connectivity index (χ0v) is 11.2. The number of rotatable bonds is 3. The topological polar surface area (TPSA) is 41.1 Å². The Kier molecular flexibility index (Phi) is 4.37. The molecule has 2 rings (SSSR count). The normalized spacial score (nSPS) is 23.7. The van der Waals surface area contributed by atoms with Gasteiger partial charge in [-0.2, -0.15) is 0 Å². The summed E-state index contributed by atoms with van der Waals surface area (Å²) < 4.78 is 0. The van der Waals surface area contributed by atoms with E-state index in [0.717, 1.165) is 18.0 Å². The zero-order valence-electron chi connectivity index (χ0n) is 11.2. The van der Waals surface area contributed by atoms with Gasteiger partial charge in [0.15, 0.2) is 0 Å². The van der Waals surface area contributed by atoms with Crippen molar-refractivity contribution in [3.8, 4) is 0 Å². The fourth-order valence-corrected chi connectivity index (χ4v) is 2.38. The van der Waals surface area contributed by atoms with Crippen LogP contribution in [-0.4, -0.2) is 12.5 Å². The van der Waals surface area contributed by atoms with Crippen LogP contribution in [0.1, 0.15) is 43.9 Å². The predicted molar refractivity (Wildman–Crippen MR) is 73.1 cm³/mol. The number of hydrogen-bond acceptors (Lipinski definition) is 2. The molecule has 1 aromatic carbocycles. The summed E-state index contributed by atoms with van der Waals surface area (Å²) in [5, 5.41) is 6.40. The van der Waals surface area contributed by atoms with Crippen LogP contribution in [0, 0.1) is 5.92 Å². The molecular weight excluding hydrogens is 224 g/mol. The first-order chi connectivity index (χ1) is 8.65. The highest BCUT2D eigenvalue weighted by atomic mass is 16.1. The second-order valence-electron chi connectivity index (χ2n) is 5.29. The molecule has 0 bridgehead atoms. The monoisotopic (exact) mass is 246 g/mol. The van der Waals surface area contributed by atoms with Gasteiger partial charge in [-0.3, -0.25) is 4.79 Å². The molecule has 18 heavy (non-hydrogen) atoms. The van der Waals surface area contributed by atoms with E-state index < -0.39 is 0 Å². The van der Waals surface area contributed by atoms with Crippen molar-refractivity contribution < 1.29 is 4.79 Å². The molecule has 3 heteroatoms. The van der Waals surface area contributed by atoms with Crippen molar-refractivity contribution in [3.05, 3.63) is 35.4 Å². The summed E-state index contributed by atoms with van der Waals surface area (Å²) in [4.78, 5) is 10.8. The number of piperidine rings is 1. The van der Waals surface area contributed by atoms with Crippen molar-refractivity contribution in [2.24, 2.45) is 5.92 Å². The Balaban J connectivity index is 1.93. The molecular formula is C15H22N2O. The third-order valence-corrected chi connectivity index (χ3v) is 3.58. The van der Waals surface area contributed by atoms with E-state index in [2.05, 4.69) is 41.8 Å². The third kappa shape index (κ3) is 3.57. The van der Waals surface area contributed by atoms with E-state index in [-0.39, 0.29) is 5.91 Å². The summed E-state index contributed by atoms with van der Waals surface area (Å²) in [5.74, 6) is 0.808. The van der Waals surface area contributed by atoms with Crippen LogP contribution in [0.15, 0.2) is 24.3 Å². The third-order valence-electron chi connectivity index (χ3n) is 3.58. The van der Waals surface area contributed by atoms with E-state index in [1.807, 2.05) is 0 Å². The molecule has 1 aromatic rings. The Bertz CT molecular complexity index is 391. The van der Waals surface area contributed by atoms with Crippen molar-refractivity contribution in [1.82, 2.24) is 10.6 Å². The number of nitrogens with one attached hydrogen (secondary N) is 2.